The summed E-state index contributed by atoms with van der Waals surface area (Å²) in [5.74, 6) is 0.385. The fourth-order valence-corrected chi connectivity index (χ4v) is 3.09. The molecule has 0 bridgehead atoms. The van der Waals surface area contributed by atoms with Gasteiger partial charge < -0.3 is 10.1 Å². The second-order valence-corrected chi connectivity index (χ2v) is 5.46. The van der Waals surface area contributed by atoms with Crippen LogP contribution >= 0.6 is 0 Å². The van der Waals surface area contributed by atoms with Crippen molar-refractivity contribution >= 4 is 5.84 Å². The topological polar surface area (TPSA) is 45.6 Å². The second-order valence-electron chi connectivity index (χ2n) is 5.46. The fraction of sp³-hybridized carbons (Fsp3) is 0.667. The second kappa shape index (κ2) is 5.47. The quantitative estimate of drug-likeness (QED) is 0.762. The van der Waals surface area contributed by atoms with Crippen molar-refractivity contribution in [3.8, 4) is 0 Å². The zero-order valence-corrected chi connectivity index (χ0v) is 11.6. The van der Waals surface area contributed by atoms with Gasteiger partial charge in [-0.15, -0.1) is 0 Å². The summed E-state index contributed by atoms with van der Waals surface area (Å²) in [5.41, 5.74) is 1.18. The minimum absolute atomic E-state index is 0.532. The van der Waals surface area contributed by atoms with Gasteiger partial charge in [0.1, 0.15) is 5.84 Å². The smallest absolute Gasteiger partial charge is 0.217 e. The molecule has 1 aliphatic carbocycles. The van der Waals surface area contributed by atoms with Crippen molar-refractivity contribution < 1.29 is 4.74 Å². The molecule has 0 aromatic heterocycles. The molecule has 0 spiro atoms. The lowest BCUT2D eigenvalue weighted by Gasteiger charge is -2.40. The van der Waals surface area contributed by atoms with Gasteiger partial charge in [-0.25, -0.2) is 0 Å². The molecule has 1 fully saturated rings. The molecule has 0 aromatic carbocycles. The number of amidine groups is 1. The summed E-state index contributed by atoms with van der Waals surface area (Å²) >= 11 is 0. The molecular formula is C15H23N3O. The maximum Gasteiger partial charge on any atom is 0.217 e. The van der Waals surface area contributed by atoms with Gasteiger partial charge in [0.2, 0.25) is 5.85 Å². The number of ether oxygens (including phenoxy) is 1. The van der Waals surface area contributed by atoms with Gasteiger partial charge in [-0.1, -0.05) is 25.3 Å². The van der Waals surface area contributed by atoms with Crippen LogP contribution in [0.5, 0.6) is 0 Å². The van der Waals surface area contributed by atoms with E-state index in [0.29, 0.717) is 12.6 Å². The molecule has 104 valence electrons. The lowest BCUT2D eigenvalue weighted by molar-refractivity contribution is -0.0503. The van der Waals surface area contributed by atoms with Crippen LogP contribution in [0.4, 0.5) is 0 Å². The van der Waals surface area contributed by atoms with Gasteiger partial charge in [-0.2, -0.15) is 0 Å². The number of aliphatic imine (C=N–C) groups is 1. The largest absolute Gasteiger partial charge is 0.340 e. The molecule has 0 saturated heterocycles. The van der Waals surface area contributed by atoms with E-state index in [9.17, 15) is 0 Å². The van der Waals surface area contributed by atoms with Crippen LogP contribution in [0.1, 0.15) is 39.0 Å². The van der Waals surface area contributed by atoms with Crippen LogP contribution in [0.2, 0.25) is 0 Å². The lowest BCUT2D eigenvalue weighted by atomic mass is 9.94. The molecule has 3 aliphatic rings. The molecule has 1 atom stereocenters. The Labute approximate surface area is 115 Å². The highest BCUT2D eigenvalue weighted by Gasteiger charge is 2.35. The highest BCUT2D eigenvalue weighted by Crippen LogP contribution is 2.24. The average molecular weight is 261 g/mol. The van der Waals surface area contributed by atoms with Crippen molar-refractivity contribution in [3.05, 3.63) is 23.8 Å². The molecule has 0 radical (unpaired) electrons. The third kappa shape index (κ3) is 2.74. The summed E-state index contributed by atoms with van der Waals surface area (Å²) in [5, 5.41) is 7.10. The van der Waals surface area contributed by atoms with Crippen LogP contribution in [-0.2, 0) is 4.74 Å². The Kier molecular flexibility index (Phi) is 3.71. The highest BCUT2D eigenvalue weighted by atomic mass is 16.5. The van der Waals surface area contributed by atoms with Crippen LogP contribution < -0.4 is 10.6 Å². The SMILES string of the molecule is CCOC1(NC2CCCCC2)C=CC2=CCN=C2N1. The van der Waals surface area contributed by atoms with Crippen molar-refractivity contribution in [1.29, 1.82) is 0 Å². The molecular weight excluding hydrogens is 238 g/mol. The molecule has 2 N–H and O–H groups in total. The Hall–Kier alpha value is -1.13. The Morgan fingerprint density at radius 1 is 1.42 bits per heavy atom. The third-order valence-corrected chi connectivity index (χ3v) is 4.03. The van der Waals surface area contributed by atoms with E-state index in [-0.39, 0.29) is 0 Å². The molecule has 4 nitrogen and oxygen atoms in total. The maximum atomic E-state index is 5.96. The van der Waals surface area contributed by atoms with E-state index in [1.54, 1.807) is 0 Å². The van der Waals surface area contributed by atoms with E-state index in [0.717, 1.165) is 12.4 Å². The van der Waals surface area contributed by atoms with Crippen molar-refractivity contribution in [2.24, 2.45) is 4.99 Å². The van der Waals surface area contributed by atoms with Crippen LogP contribution in [-0.4, -0.2) is 30.9 Å². The molecule has 2 aliphatic heterocycles. The predicted octanol–water partition coefficient (Wildman–Crippen LogP) is 2.10. The summed E-state index contributed by atoms with van der Waals surface area (Å²) in [6.45, 7) is 3.47. The zero-order valence-electron chi connectivity index (χ0n) is 11.6. The van der Waals surface area contributed by atoms with Gasteiger partial charge in [-0.05, 0) is 31.9 Å². The first kappa shape index (κ1) is 12.9. The van der Waals surface area contributed by atoms with Gasteiger partial charge in [0.15, 0.2) is 0 Å². The summed E-state index contributed by atoms with van der Waals surface area (Å²) in [4.78, 5) is 4.47. The van der Waals surface area contributed by atoms with Gasteiger partial charge in [-0.3, -0.25) is 10.3 Å². The number of hydrogen-bond acceptors (Lipinski definition) is 4. The van der Waals surface area contributed by atoms with E-state index in [4.69, 9.17) is 4.74 Å². The first-order chi connectivity index (χ1) is 9.31. The van der Waals surface area contributed by atoms with E-state index >= 15 is 0 Å². The molecule has 0 aromatic rings. The molecule has 0 amide bonds. The normalized spacial score (nSPS) is 30.6. The third-order valence-electron chi connectivity index (χ3n) is 4.03. The summed E-state index contributed by atoms with van der Waals surface area (Å²) in [7, 11) is 0. The molecule has 1 unspecified atom stereocenters. The standard InChI is InChI=1S/C15H23N3O/c1-2-19-15(17-13-6-4-3-5-7-13)10-8-12-9-11-16-14(12)18-15/h8-10,13,17H,2-7,11H2,1H3,(H,16,18). The molecule has 1 saturated carbocycles. The zero-order chi connectivity index (χ0) is 13.1. The summed E-state index contributed by atoms with van der Waals surface area (Å²) in [6.07, 6.45) is 12.8. The molecule has 3 rings (SSSR count). The van der Waals surface area contributed by atoms with Crippen molar-refractivity contribution in [2.45, 2.75) is 50.9 Å². The minimum atomic E-state index is -0.572. The van der Waals surface area contributed by atoms with Crippen molar-refractivity contribution in [3.63, 3.8) is 0 Å². The van der Waals surface area contributed by atoms with Crippen molar-refractivity contribution in [1.82, 2.24) is 10.6 Å². The van der Waals surface area contributed by atoms with Crippen LogP contribution in [0.3, 0.4) is 0 Å². The first-order valence-electron chi connectivity index (χ1n) is 7.45. The van der Waals surface area contributed by atoms with Crippen LogP contribution in [0.25, 0.3) is 0 Å². The lowest BCUT2D eigenvalue weighted by Crippen LogP contribution is -2.63. The Bertz CT molecular complexity index is 421. The number of hydrogen-bond donors (Lipinski definition) is 2. The Balaban J connectivity index is 1.75. The monoisotopic (exact) mass is 261 g/mol. The van der Waals surface area contributed by atoms with E-state index in [2.05, 4.69) is 33.9 Å². The van der Waals surface area contributed by atoms with Gasteiger partial charge >= 0.3 is 0 Å². The Morgan fingerprint density at radius 3 is 3.05 bits per heavy atom. The minimum Gasteiger partial charge on any atom is -0.340 e. The van der Waals surface area contributed by atoms with E-state index in [1.807, 2.05) is 6.92 Å². The molecule has 4 heteroatoms. The summed E-state index contributed by atoms with van der Waals surface area (Å²) in [6, 6.07) is 0.532. The number of rotatable bonds is 4. The Morgan fingerprint density at radius 2 is 2.26 bits per heavy atom. The molecule has 19 heavy (non-hydrogen) atoms. The average Bonchev–Trinajstić information content (AvgIpc) is 2.87. The first-order valence-corrected chi connectivity index (χ1v) is 7.45. The summed E-state index contributed by atoms with van der Waals surface area (Å²) < 4.78 is 5.96. The van der Waals surface area contributed by atoms with Gasteiger partial charge in [0.05, 0.1) is 6.54 Å². The van der Waals surface area contributed by atoms with Crippen LogP contribution in [0, 0.1) is 0 Å². The predicted molar refractivity (Wildman–Crippen MR) is 77.0 cm³/mol. The van der Waals surface area contributed by atoms with Gasteiger partial charge in [0, 0.05) is 18.2 Å². The molecule has 2 heterocycles. The van der Waals surface area contributed by atoms with E-state index < -0.39 is 5.85 Å². The van der Waals surface area contributed by atoms with Gasteiger partial charge in [0.25, 0.3) is 0 Å². The number of fused-ring (bicyclic) bond motifs is 1. The van der Waals surface area contributed by atoms with Crippen LogP contribution in [0.15, 0.2) is 28.8 Å². The van der Waals surface area contributed by atoms with E-state index in [1.165, 1.54) is 37.7 Å². The number of nitrogens with zero attached hydrogens (tertiary/aromatic N) is 1. The highest BCUT2D eigenvalue weighted by molar-refractivity contribution is 6.03. The van der Waals surface area contributed by atoms with Crippen molar-refractivity contribution in [2.75, 3.05) is 13.2 Å². The fourth-order valence-electron chi connectivity index (χ4n) is 3.09. The number of nitrogens with one attached hydrogen (secondary N) is 2. The maximum absolute atomic E-state index is 5.96.